The van der Waals surface area contributed by atoms with E-state index >= 15 is 0 Å². The largest absolute Gasteiger partial charge is 0.326 e. The van der Waals surface area contributed by atoms with E-state index in [4.69, 9.17) is 0 Å². The minimum absolute atomic E-state index is 0.0142. The molecule has 0 saturated carbocycles. The number of aliphatic imine (C=N–C) groups is 1. The van der Waals surface area contributed by atoms with Crippen molar-refractivity contribution in [2.45, 2.75) is 31.6 Å². The fourth-order valence-electron chi connectivity index (χ4n) is 2.68. The number of anilines is 1. The van der Waals surface area contributed by atoms with Crippen LogP contribution in [0.25, 0.3) is 0 Å². The van der Waals surface area contributed by atoms with Crippen LogP contribution in [0.5, 0.6) is 0 Å². The second kappa shape index (κ2) is 8.19. The van der Waals surface area contributed by atoms with Crippen molar-refractivity contribution < 1.29 is 9.59 Å². The summed E-state index contributed by atoms with van der Waals surface area (Å²) in [6, 6.07) is 18.8. The van der Waals surface area contributed by atoms with Gasteiger partial charge in [-0.3, -0.25) is 14.5 Å². The van der Waals surface area contributed by atoms with Crippen LogP contribution in [0.2, 0.25) is 0 Å². The Bertz CT molecular complexity index is 806. The molecule has 26 heavy (non-hydrogen) atoms. The maximum atomic E-state index is 12.8. The molecule has 0 spiro atoms. The van der Waals surface area contributed by atoms with Crippen molar-refractivity contribution >= 4 is 40.1 Å². The van der Waals surface area contributed by atoms with Gasteiger partial charge in [0, 0.05) is 18.2 Å². The Morgan fingerprint density at radius 2 is 1.73 bits per heavy atom. The van der Waals surface area contributed by atoms with E-state index in [9.17, 15) is 9.59 Å². The summed E-state index contributed by atoms with van der Waals surface area (Å²) in [6.45, 7) is 3.90. The molecular weight excluding hydrogens is 346 g/mol. The summed E-state index contributed by atoms with van der Waals surface area (Å²) in [5.74, 6) is -0.241. The molecule has 0 aliphatic carbocycles. The molecule has 2 aromatic carbocycles. The van der Waals surface area contributed by atoms with Crippen molar-refractivity contribution in [2.24, 2.45) is 4.99 Å². The molecule has 6 heteroatoms. The predicted molar refractivity (Wildman–Crippen MR) is 107 cm³/mol. The zero-order chi connectivity index (χ0) is 18.5. The Morgan fingerprint density at radius 3 is 2.35 bits per heavy atom. The molecular formula is C20H21N3O2S. The number of hydrogen-bond acceptors (Lipinski definition) is 4. The molecule has 1 saturated heterocycles. The van der Waals surface area contributed by atoms with Crippen LogP contribution >= 0.6 is 11.8 Å². The first kappa shape index (κ1) is 18.2. The average molecular weight is 367 g/mol. The van der Waals surface area contributed by atoms with Crippen LogP contribution in [-0.4, -0.2) is 33.2 Å². The molecule has 134 valence electrons. The minimum Gasteiger partial charge on any atom is -0.326 e. The van der Waals surface area contributed by atoms with Crippen LogP contribution in [0.15, 0.2) is 65.7 Å². The van der Waals surface area contributed by atoms with Gasteiger partial charge in [-0.1, -0.05) is 48.2 Å². The summed E-state index contributed by atoms with van der Waals surface area (Å²) < 4.78 is 0. The molecule has 0 bridgehead atoms. The summed E-state index contributed by atoms with van der Waals surface area (Å²) in [6.07, 6.45) is 0.120. The summed E-state index contributed by atoms with van der Waals surface area (Å²) in [5, 5.41) is 3.03. The number of para-hydroxylation sites is 2. The average Bonchev–Trinajstić information content (AvgIpc) is 2.92. The number of thioether (sulfide) groups is 1. The number of nitrogens with one attached hydrogen (secondary N) is 1. The summed E-state index contributed by atoms with van der Waals surface area (Å²) in [7, 11) is 0. The van der Waals surface area contributed by atoms with Gasteiger partial charge >= 0.3 is 0 Å². The van der Waals surface area contributed by atoms with Crippen molar-refractivity contribution in [3.63, 3.8) is 0 Å². The number of carbonyl (C=O) groups excluding carboxylic acids is 2. The smallest absolute Gasteiger partial charge is 0.242 e. The van der Waals surface area contributed by atoms with Crippen molar-refractivity contribution in [3.8, 4) is 0 Å². The predicted octanol–water partition coefficient (Wildman–Crippen LogP) is 4.06. The molecule has 1 N–H and O–H groups in total. The first-order chi connectivity index (χ1) is 12.5. The highest BCUT2D eigenvalue weighted by Crippen LogP contribution is 2.33. The summed E-state index contributed by atoms with van der Waals surface area (Å²) in [5.41, 5.74) is 1.52. The normalized spacial score (nSPS) is 18.6. The third-order valence-electron chi connectivity index (χ3n) is 3.89. The topological polar surface area (TPSA) is 61.8 Å². The highest BCUT2D eigenvalue weighted by molar-refractivity contribution is 8.15. The van der Waals surface area contributed by atoms with E-state index in [1.54, 1.807) is 4.90 Å². The van der Waals surface area contributed by atoms with Crippen LogP contribution in [0.1, 0.15) is 20.3 Å². The van der Waals surface area contributed by atoms with Gasteiger partial charge in [0.15, 0.2) is 5.17 Å². The molecule has 2 amide bonds. The minimum atomic E-state index is -0.455. The molecule has 0 unspecified atom stereocenters. The highest BCUT2D eigenvalue weighted by Gasteiger charge is 2.40. The van der Waals surface area contributed by atoms with E-state index in [1.165, 1.54) is 11.8 Å². The third-order valence-corrected chi connectivity index (χ3v) is 5.04. The van der Waals surface area contributed by atoms with E-state index in [2.05, 4.69) is 10.3 Å². The molecule has 0 aromatic heterocycles. The van der Waals surface area contributed by atoms with Gasteiger partial charge in [-0.15, -0.1) is 0 Å². The standard InChI is InChI=1S/C20H21N3O2S/c1-14(2)23-19(25)17(13-18(24)21-15-9-5-3-6-10-15)26-20(23)22-16-11-7-4-8-12-16/h3-12,14,17H,13H2,1-2H3,(H,21,24)/t17-/m1/s1. The van der Waals surface area contributed by atoms with Gasteiger partial charge in [0.05, 0.1) is 5.69 Å². The lowest BCUT2D eigenvalue weighted by Gasteiger charge is -2.20. The molecule has 5 nitrogen and oxygen atoms in total. The lowest BCUT2D eigenvalue weighted by atomic mass is 10.2. The Morgan fingerprint density at radius 1 is 1.12 bits per heavy atom. The lowest BCUT2D eigenvalue weighted by Crippen LogP contribution is -2.38. The number of benzene rings is 2. The van der Waals surface area contributed by atoms with Gasteiger partial charge in [0.2, 0.25) is 11.8 Å². The van der Waals surface area contributed by atoms with Crippen molar-refractivity contribution in [2.75, 3.05) is 5.32 Å². The highest BCUT2D eigenvalue weighted by atomic mass is 32.2. The van der Waals surface area contributed by atoms with E-state index in [1.807, 2.05) is 74.5 Å². The SMILES string of the molecule is CC(C)N1C(=O)[C@@H](CC(=O)Nc2ccccc2)SC1=Nc1ccccc1. The number of hydrogen-bond donors (Lipinski definition) is 1. The van der Waals surface area contributed by atoms with E-state index in [-0.39, 0.29) is 24.3 Å². The van der Waals surface area contributed by atoms with Gasteiger partial charge in [-0.05, 0) is 38.1 Å². The first-order valence-corrected chi connectivity index (χ1v) is 9.41. The molecule has 1 atom stereocenters. The van der Waals surface area contributed by atoms with Crippen molar-refractivity contribution in [1.29, 1.82) is 0 Å². The molecule has 1 aliphatic heterocycles. The van der Waals surface area contributed by atoms with Crippen LogP contribution in [-0.2, 0) is 9.59 Å². The van der Waals surface area contributed by atoms with Gasteiger partial charge in [-0.2, -0.15) is 0 Å². The number of amidine groups is 1. The van der Waals surface area contributed by atoms with E-state index < -0.39 is 5.25 Å². The Labute approximate surface area is 157 Å². The monoisotopic (exact) mass is 367 g/mol. The zero-order valence-electron chi connectivity index (χ0n) is 14.8. The van der Waals surface area contributed by atoms with Crippen LogP contribution in [0, 0.1) is 0 Å². The zero-order valence-corrected chi connectivity index (χ0v) is 15.6. The maximum absolute atomic E-state index is 12.8. The van der Waals surface area contributed by atoms with Crippen LogP contribution < -0.4 is 5.32 Å². The van der Waals surface area contributed by atoms with E-state index in [0.29, 0.717) is 5.17 Å². The number of carbonyl (C=O) groups is 2. The Hall–Kier alpha value is -2.60. The molecule has 1 fully saturated rings. The quantitative estimate of drug-likeness (QED) is 0.867. The maximum Gasteiger partial charge on any atom is 0.242 e. The van der Waals surface area contributed by atoms with Crippen molar-refractivity contribution in [3.05, 3.63) is 60.7 Å². The fraction of sp³-hybridized carbons (Fsp3) is 0.250. The van der Waals surface area contributed by atoms with Gasteiger partial charge in [0.1, 0.15) is 5.25 Å². The first-order valence-electron chi connectivity index (χ1n) is 8.53. The molecule has 2 aromatic rings. The van der Waals surface area contributed by atoms with E-state index in [0.717, 1.165) is 11.4 Å². The summed E-state index contributed by atoms with van der Waals surface area (Å²) >= 11 is 1.35. The number of amides is 2. The molecule has 3 rings (SSSR count). The van der Waals surface area contributed by atoms with Crippen LogP contribution in [0.4, 0.5) is 11.4 Å². The lowest BCUT2D eigenvalue weighted by molar-refractivity contribution is -0.129. The Balaban J connectivity index is 1.73. The fourth-order valence-corrected chi connectivity index (χ4v) is 3.96. The number of nitrogens with zero attached hydrogens (tertiary/aromatic N) is 2. The van der Waals surface area contributed by atoms with Gasteiger partial charge in [-0.25, -0.2) is 4.99 Å². The Kier molecular flexibility index (Phi) is 5.73. The number of rotatable bonds is 5. The molecule has 1 heterocycles. The van der Waals surface area contributed by atoms with Crippen LogP contribution in [0.3, 0.4) is 0 Å². The second-order valence-electron chi connectivity index (χ2n) is 6.26. The summed E-state index contributed by atoms with van der Waals surface area (Å²) in [4.78, 5) is 31.4. The van der Waals surface area contributed by atoms with Gasteiger partial charge in [0.25, 0.3) is 0 Å². The third kappa shape index (κ3) is 4.32. The molecule has 1 aliphatic rings. The second-order valence-corrected chi connectivity index (χ2v) is 7.43. The van der Waals surface area contributed by atoms with Gasteiger partial charge < -0.3 is 5.32 Å². The molecule has 0 radical (unpaired) electrons. The van der Waals surface area contributed by atoms with Crippen molar-refractivity contribution in [1.82, 2.24) is 4.90 Å².